The molecule has 1 aromatic rings. The van der Waals surface area contributed by atoms with Crippen LogP contribution in [0.25, 0.3) is 0 Å². The molecule has 0 bridgehead atoms. The van der Waals surface area contributed by atoms with Crippen LogP contribution in [0.1, 0.15) is 45.4 Å². The van der Waals surface area contributed by atoms with Crippen molar-refractivity contribution in [2.75, 3.05) is 56.0 Å². The number of hydrogen-bond donors (Lipinski definition) is 1. The SMILES string of the molecule is CCN1CCN(C(=O)CC[C@@H]2CCCN(c3cc(NC4CC4)ncn3)C2)CC1. The summed E-state index contributed by atoms with van der Waals surface area (Å²) in [7, 11) is 0. The molecule has 3 heterocycles. The van der Waals surface area contributed by atoms with Crippen LogP contribution >= 0.6 is 0 Å². The summed E-state index contributed by atoms with van der Waals surface area (Å²) in [6.07, 6.45) is 8.21. The van der Waals surface area contributed by atoms with Crippen molar-refractivity contribution in [1.82, 2.24) is 19.8 Å². The fourth-order valence-corrected chi connectivity index (χ4v) is 4.34. The van der Waals surface area contributed by atoms with Gasteiger partial charge >= 0.3 is 0 Å². The Hall–Kier alpha value is -1.89. The van der Waals surface area contributed by atoms with Gasteiger partial charge in [0.2, 0.25) is 5.91 Å². The lowest BCUT2D eigenvalue weighted by Gasteiger charge is -2.35. The van der Waals surface area contributed by atoms with Crippen LogP contribution < -0.4 is 10.2 Å². The fraction of sp³-hybridized carbons (Fsp3) is 0.762. The number of nitrogens with zero attached hydrogens (tertiary/aromatic N) is 5. The van der Waals surface area contributed by atoms with Crippen LogP contribution in [0, 0.1) is 5.92 Å². The largest absolute Gasteiger partial charge is 0.367 e. The molecule has 3 fully saturated rings. The third kappa shape index (κ3) is 5.13. The summed E-state index contributed by atoms with van der Waals surface area (Å²) in [6.45, 7) is 9.13. The minimum absolute atomic E-state index is 0.339. The van der Waals surface area contributed by atoms with Crippen molar-refractivity contribution >= 4 is 17.5 Å². The normalized spacial score (nSPS) is 23.7. The Kier molecular flexibility index (Phi) is 6.29. The van der Waals surface area contributed by atoms with Gasteiger partial charge in [0.1, 0.15) is 18.0 Å². The number of nitrogens with one attached hydrogen (secondary N) is 1. The summed E-state index contributed by atoms with van der Waals surface area (Å²) in [5.41, 5.74) is 0. The molecule has 154 valence electrons. The van der Waals surface area contributed by atoms with Crippen LogP contribution in [0.15, 0.2) is 12.4 Å². The summed E-state index contributed by atoms with van der Waals surface area (Å²) in [5.74, 6) is 2.87. The number of amides is 1. The molecule has 0 unspecified atom stereocenters. The van der Waals surface area contributed by atoms with E-state index in [2.05, 4.69) is 43.0 Å². The van der Waals surface area contributed by atoms with E-state index in [0.29, 0.717) is 24.3 Å². The first-order chi connectivity index (χ1) is 13.7. The predicted molar refractivity (Wildman–Crippen MR) is 112 cm³/mol. The minimum Gasteiger partial charge on any atom is -0.367 e. The second kappa shape index (κ2) is 9.07. The Morgan fingerprint density at radius 3 is 2.71 bits per heavy atom. The van der Waals surface area contributed by atoms with E-state index in [1.165, 1.54) is 25.7 Å². The van der Waals surface area contributed by atoms with E-state index in [9.17, 15) is 4.79 Å². The molecule has 1 amide bonds. The molecule has 1 aromatic heterocycles. The van der Waals surface area contributed by atoms with E-state index < -0.39 is 0 Å². The van der Waals surface area contributed by atoms with Gasteiger partial charge in [-0.2, -0.15) is 0 Å². The first-order valence-electron chi connectivity index (χ1n) is 11.0. The quantitative estimate of drug-likeness (QED) is 0.775. The maximum absolute atomic E-state index is 12.6. The average Bonchev–Trinajstić information content (AvgIpc) is 3.56. The second-order valence-corrected chi connectivity index (χ2v) is 8.49. The maximum atomic E-state index is 12.6. The number of carbonyl (C=O) groups excluding carboxylic acids is 1. The molecule has 0 spiro atoms. The molecule has 0 aromatic carbocycles. The standard InChI is InChI=1S/C21H34N6O/c1-2-25-10-12-26(13-11-25)21(28)8-5-17-4-3-9-27(15-17)20-14-19(22-16-23-20)24-18-6-7-18/h14,16-18H,2-13,15H2,1H3,(H,22,23,24)/t17-/m0/s1. The van der Waals surface area contributed by atoms with Crippen molar-refractivity contribution in [3.05, 3.63) is 12.4 Å². The molecule has 7 nitrogen and oxygen atoms in total. The van der Waals surface area contributed by atoms with E-state index in [1.54, 1.807) is 6.33 Å². The smallest absolute Gasteiger partial charge is 0.222 e. The predicted octanol–water partition coefficient (Wildman–Crippen LogP) is 2.21. The summed E-state index contributed by atoms with van der Waals surface area (Å²) < 4.78 is 0. The highest BCUT2D eigenvalue weighted by Crippen LogP contribution is 2.28. The van der Waals surface area contributed by atoms with Crippen molar-refractivity contribution < 1.29 is 4.79 Å². The fourth-order valence-electron chi connectivity index (χ4n) is 4.34. The van der Waals surface area contributed by atoms with E-state index in [0.717, 1.165) is 63.9 Å². The number of piperazine rings is 1. The molecular weight excluding hydrogens is 352 g/mol. The zero-order valence-electron chi connectivity index (χ0n) is 17.1. The number of carbonyl (C=O) groups is 1. The average molecular weight is 387 g/mol. The van der Waals surface area contributed by atoms with Gasteiger partial charge in [0, 0.05) is 57.8 Å². The number of piperidine rings is 1. The lowest BCUT2D eigenvalue weighted by atomic mass is 9.93. The molecule has 2 saturated heterocycles. The minimum atomic E-state index is 0.339. The molecule has 3 aliphatic rings. The Bertz CT molecular complexity index is 656. The molecule has 1 N–H and O–H groups in total. The zero-order valence-corrected chi connectivity index (χ0v) is 17.1. The molecule has 0 radical (unpaired) electrons. The Labute approximate surface area is 168 Å². The van der Waals surface area contributed by atoms with E-state index in [-0.39, 0.29) is 0 Å². The third-order valence-electron chi connectivity index (χ3n) is 6.36. The number of hydrogen-bond acceptors (Lipinski definition) is 6. The van der Waals surface area contributed by atoms with Crippen molar-refractivity contribution in [2.45, 2.75) is 51.5 Å². The topological polar surface area (TPSA) is 64.6 Å². The lowest BCUT2D eigenvalue weighted by Crippen LogP contribution is -2.48. The van der Waals surface area contributed by atoms with Crippen molar-refractivity contribution in [3.63, 3.8) is 0 Å². The van der Waals surface area contributed by atoms with Crippen LogP contribution in [-0.4, -0.2) is 77.5 Å². The highest BCUT2D eigenvalue weighted by atomic mass is 16.2. The highest BCUT2D eigenvalue weighted by Gasteiger charge is 2.25. The van der Waals surface area contributed by atoms with Gasteiger partial charge in [-0.05, 0) is 44.6 Å². The lowest BCUT2D eigenvalue weighted by molar-refractivity contribution is -0.133. The van der Waals surface area contributed by atoms with Gasteiger partial charge in [-0.25, -0.2) is 9.97 Å². The van der Waals surface area contributed by atoms with Crippen LogP contribution in [0.3, 0.4) is 0 Å². The summed E-state index contributed by atoms with van der Waals surface area (Å²) in [4.78, 5) is 28.3. The van der Waals surface area contributed by atoms with Gasteiger partial charge in [0.05, 0.1) is 0 Å². The second-order valence-electron chi connectivity index (χ2n) is 8.49. The van der Waals surface area contributed by atoms with Gasteiger partial charge in [0.15, 0.2) is 0 Å². The van der Waals surface area contributed by atoms with E-state index in [1.807, 2.05) is 0 Å². The summed E-state index contributed by atoms with van der Waals surface area (Å²) in [5, 5.41) is 3.46. The zero-order chi connectivity index (χ0) is 19.3. The van der Waals surface area contributed by atoms with Gasteiger partial charge in [-0.1, -0.05) is 6.92 Å². The Balaban J connectivity index is 1.25. The molecule has 1 atom stereocenters. The summed E-state index contributed by atoms with van der Waals surface area (Å²) in [6, 6.07) is 2.68. The molecule has 4 rings (SSSR count). The van der Waals surface area contributed by atoms with E-state index >= 15 is 0 Å². The van der Waals surface area contributed by atoms with Crippen molar-refractivity contribution in [1.29, 1.82) is 0 Å². The molecule has 7 heteroatoms. The van der Waals surface area contributed by atoms with E-state index in [4.69, 9.17) is 0 Å². The Morgan fingerprint density at radius 2 is 1.96 bits per heavy atom. The number of likely N-dealkylation sites (N-methyl/N-ethyl adjacent to an activating group) is 1. The number of rotatable bonds is 7. The highest BCUT2D eigenvalue weighted by molar-refractivity contribution is 5.76. The molecule has 1 aliphatic carbocycles. The molecule has 28 heavy (non-hydrogen) atoms. The van der Waals surface area contributed by atoms with Crippen LogP contribution in [0.5, 0.6) is 0 Å². The van der Waals surface area contributed by atoms with Gasteiger partial charge < -0.3 is 20.0 Å². The van der Waals surface area contributed by atoms with Crippen molar-refractivity contribution in [2.24, 2.45) is 5.92 Å². The van der Waals surface area contributed by atoms with Crippen molar-refractivity contribution in [3.8, 4) is 0 Å². The number of anilines is 2. The van der Waals surface area contributed by atoms with Crippen LogP contribution in [0.2, 0.25) is 0 Å². The van der Waals surface area contributed by atoms with Gasteiger partial charge in [-0.15, -0.1) is 0 Å². The Morgan fingerprint density at radius 1 is 1.14 bits per heavy atom. The van der Waals surface area contributed by atoms with Crippen LogP contribution in [0.4, 0.5) is 11.6 Å². The molecular formula is C21H34N6O. The molecule has 2 aliphatic heterocycles. The van der Waals surface area contributed by atoms with Crippen LogP contribution in [-0.2, 0) is 4.79 Å². The monoisotopic (exact) mass is 386 g/mol. The first kappa shape index (κ1) is 19.4. The molecule has 1 saturated carbocycles. The first-order valence-corrected chi connectivity index (χ1v) is 11.0. The third-order valence-corrected chi connectivity index (χ3v) is 6.36. The maximum Gasteiger partial charge on any atom is 0.222 e. The van der Waals surface area contributed by atoms with Gasteiger partial charge in [-0.3, -0.25) is 4.79 Å². The number of aromatic nitrogens is 2. The summed E-state index contributed by atoms with van der Waals surface area (Å²) >= 11 is 0. The van der Waals surface area contributed by atoms with Gasteiger partial charge in [0.25, 0.3) is 0 Å².